The van der Waals surface area contributed by atoms with E-state index in [-0.39, 0.29) is 23.0 Å². The molecule has 0 aromatic carbocycles. The number of sulfonamides is 1. The fourth-order valence-corrected chi connectivity index (χ4v) is 5.40. The van der Waals surface area contributed by atoms with Gasteiger partial charge in [0.05, 0.1) is 11.1 Å². The van der Waals surface area contributed by atoms with Gasteiger partial charge in [-0.05, 0) is 55.4 Å². The molecule has 8 heteroatoms. The third-order valence-corrected chi connectivity index (χ3v) is 7.58. The molecule has 0 saturated carbocycles. The number of alkyl halides is 1. The Kier molecular flexibility index (Phi) is 8.96. The van der Waals surface area contributed by atoms with Crippen molar-refractivity contribution in [3.63, 3.8) is 0 Å². The number of aromatic amines is 1. The van der Waals surface area contributed by atoms with E-state index in [4.69, 9.17) is 11.6 Å². The molecule has 2 aliphatic rings. The lowest BCUT2D eigenvalue weighted by molar-refractivity contribution is -0.134. The number of aromatic nitrogens is 1. The molecule has 3 rings (SSSR count). The van der Waals surface area contributed by atoms with E-state index in [1.165, 1.54) is 0 Å². The summed E-state index contributed by atoms with van der Waals surface area (Å²) < 4.78 is 28.2. The first-order valence-corrected chi connectivity index (χ1v) is 13.2. The molecule has 1 aromatic rings. The molecular formula is C24H32ClN3O3S. The number of hydrogen-bond acceptors (Lipinski definition) is 3. The van der Waals surface area contributed by atoms with E-state index in [0.29, 0.717) is 25.9 Å². The highest BCUT2D eigenvalue weighted by molar-refractivity contribution is 7.89. The van der Waals surface area contributed by atoms with Crippen molar-refractivity contribution in [2.75, 3.05) is 18.8 Å². The zero-order chi connectivity index (χ0) is 23.0. The first kappa shape index (κ1) is 24.6. The number of nitrogens with zero attached hydrogens (tertiary/aromatic N) is 1. The molecule has 1 aliphatic heterocycles. The number of carbonyl (C=O) groups is 1. The average Bonchev–Trinajstić information content (AvgIpc) is 3.20. The van der Waals surface area contributed by atoms with Crippen LogP contribution < -0.4 is 15.3 Å². The minimum Gasteiger partial charge on any atom is -0.361 e. The maximum Gasteiger partial charge on any atom is 0.240 e. The van der Waals surface area contributed by atoms with Crippen LogP contribution in [-0.2, 0) is 14.8 Å². The topological polar surface area (TPSA) is 82.3 Å². The number of allylic oxidation sites excluding steroid dienone is 5. The van der Waals surface area contributed by atoms with Gasteiger partial charge in [-0.1, -0.05) is 43.0 Å². The second-order valence-electron chi connectivity index (χ2n) is 8.30. The fourth-order valence-electron chi connectivity index (χ4n) is 3.99. The molecule has 174 valence electrons. The van der Waals surface area contributed by atoms with E-state index in [9.17, 15) is 13.2 Å². The summed E-state index contributed by atoms with van der Waals surface area (Å²) in [5.74, 6) is -0.265. The number of piperidine rings is 1. The van der Waals surface area contributed by atoms with Crippen LogP contribution in [-0.4, -0.2) is 54.5 Å². The summed E-state index contributed by atoms with van der Waals surface area (Å²) in [6.45, 7) is 5.25. The Balaban J connectivity index is 1.66. The molecule has 1 amide bonds. The van der Waals surface area contributed by atoms with E-state index in [2.05, 4.69) is 16.3 Å². The summed E-state index contributed by atoms with van der Waals surface area (Å²) in [6.07, 6.45) is 18.6. The van der Waals surface area contributed by atoms with Crippen molar-refractivity contribution in [2.45, 2.75) is 43.5 Å². The Morgan fingerprint density at radius 3 is 2.72 bits per heavy atom. The highest BCUT2D eigenvalue weighted by Crippen LogP contribution is 2.24. The summed E-state index contributed by atoms with van der Waals surface area (Å²) in [4.78, 5) is 18.0. The van der Waals surface area contributed by atoms with Crippen LogP contribution in [0.2, 0.25) is 0 Å². The number of hydrogen-bond donors (Lipinski definition) is 2. The molecule has 2 N–H and O–H groups in total. The van der Waals surface area contributed by atoms with Gasteiger partial charge in [-0.25, -0.2) is 13.1 Å². The number of nitrogens with one attached hydrogen (secondary N) is 2. The molecule has 2 unspecified atom stereocenters. The summed E-state index contributed by atoms with van der Waals surface area (Å²) >= 11 is 6.37. The number of amides is 1. The second-order valence-corrected chi connectivity index (χ2v) is 10.6. The predicted molar refractivity (Wildman–Crippen MR) is 131 cm³/mol. The van der Waals surface area contributed by atoms with Gasteiger partial charge >= 0.3 is 0 Å². The molecule has 1 saturated heterocycles. The highest BCUT2D eigenvalue weighted by Gasteiger charge is 2.30. The van der Waals surface area contributed by atoms with E-state index < -0.39 is 16.1 Å². The van der Waals surface area contributed by atoms with E-state index in [0.717, 1.165) is 29.8 Å². The smallest absolute Gasteiger partial charge is 0.240 e. The van der Waals surface area contributed by atoms with Crippen LogP contribution in [0.5, 0.6) is 0 Å². The molecule has 6 nitrogen and oxygen atoms in total. The van der Waals surface area contributed by atoms with Gasteiger partial charge in [0, 0.05) is 24.6 Å². The van der Waals surface area contributed by atoms with Gasteiger partial charge in [-0.15, -0.1) is 11.6 Å². The Hall–Kier alpha value is -2.09. The Morgan fingerprint density at radius 1 is 1.28 bits per heavy atom. The van der Waals surface area contributed by atoms with Crippen molar-refractivity contribution in [2.24, 2.45) is 5.92 Å². The van der Waals surface area contributed by atoms with Crippen LogP contribution in [0.1, 0.15) is 32.1 Å². The lowest BCUT2D eigenvalue weighted by Gasteiger charge is -2.31. The lowest BCUT2D eigenvalue weighted by atomic mass is 9.93. The predicted octanol–water partition coefficient (Wildman–Crippen LogP) is 2.19. The maximum absolute atomic E-state index is 13.2. The van der Waals surface area contributed by atoms with Crippen LogP contribution in [0.4, 0.5) is 0 Å². The van der Waals surface area contributed by atoms with Crippen molar-refractivity contribution in [3.8, 4) is 0 Å². The molecule has 0 bridgehead atoms. The summed E-state index contributed by atoms with van der Waals surface area (Å²) in [6, 6.07) is 1.06. The number of carbonyl (C=O) groups excluding carboxylic acids is 1. The van der Waals surface area contributed by atoms with Crippen molar-refractivity contribution in [1.29, 1.82) is 0 Å². The van der Waals surface area contributed by atoms with Crippen molar-refractivity contribution in [1.82, 2.24) is 14.6 Å². The molecule has 0 radical (unpaired) electrons. The van der Waals surface area contributed by atoms with Crippen molar-refractivity contribution >= 4 is 40.2 Å². The Morgan fingerprint density at radius 2 is 2.03 bits per heavy atom. The third kappa shape index (κ3) is 7.22. The van der Waals surface area contributed by atoms with Crippen LogP contribution in [0.3, 0.4) is 0 Å². The number of halogens is 1. The van der Waals surface area contributed by atoms with Gasteiger partial charge in [-0.3, -0.25) is 4.79 Å². The maximum atomic E-state index is 13.2. The minimum atomic E-state index is -3.68. The third-order valence-electron chi connectivity index (χ3n) is 5.83. The van der Waals surface area contributed by atoms with Gasteiger partial charge in [0.1, 0.15) is 6.04 Å². The molecule has 1 fully saturated rings. The Bertz CT molecular complexity index is 1070. The zero-order valence-electron chi connectivity index (χ0n) is 18.3. The molecule has 1 aromatic heterocycles. The monoisotopic (exact) mass is 477 g/mol. The number of rotatable bonds is 9. The molecule has 1 aliphatic carbocycles. The van der Waals surface area contributed by atoms with Crippen LogP contribution in [0, 0.1) is 5.92 Å². The Labute approximate surface area is 195 Å². The summed E-state index contributed by atoms with van der Waals surface area (Å²) in [7, 11) is -3.68. The van der Waals surface area contributed by atoms with Crippen LogP contribution in [0.25, 0.3) is 12.7 Å². The number of likely N-dealkylation sites (tertiary alicyclic amines) is 1. The average molecular weight is 478 g/mol. The summed E-state index contributed by atoms with van der Waals surface area (Å²) in [5.41, 5.74) is 0. The normalized spacial score (nSPS) is 23.2. The van der Waals surface area contributed by atoms with Gasteiger partial charge < -0.3 is 9.88 Å². The van der Waals surface area contributed by atoms with Gasteiger partial charge in [-0.2, -0.15) is 0 Å². The van der Waals surface area contributed by atoms with Crippen molar-refractivity contribution < 1.29 is 13.2 Å². The van der Waals surface area contributed by atoms with Crippen LogP contribution in [0.15, 0.2) is 48.7 Å². The van der Waals surface area contributed by atoms with E-state index in [1.807, 2.05) is 30.4 Å². The van der Waals surface area contributed by atoms with E-state index in [1.54, 1.807) is 29.3 Å². The fraction of sp³-hybridized carbons (Fsp3) is 0.458. The van der Waals surface area contributed by atoms with Gasteiger partial charge in [0.15, 0.2) is 0 Å². The minimum absolute atomic E-state index is 0.0787. The molecule has 2 heterocycles. The largest absolute Gasteiger partial charge is 0.361 e. The first-order valence-electron chi connectivity index (χ1n) is 11.1. The van der Waals surface area contributed by atoms with Gasteiger partial charge in [0.2, 0.25) is 15.9 Å². The zero-order valence-corrected chi connectivity index (χ0v) is 19.8. The standard InChI is InChI=1S/C24H32ClN3O3S/c1-19-14-15-26-22(19)11-5-8-18-32(30,31)27-23(24(29)28-16-6-2-7-17-28)13-12-20-9-3-4-10-21(20)25/h3-5,8-11,14-15,20-21,23,26-27H,1-2,6-7,12-13,16-18H2/b8-5-,22-11+/t20?,21-,23?/m1/s1. The highest BCUT2D eigenvalue weighted by atomic mass is 35.5. The summed E-state index contributed by atoms with van der Waals surface area (Å²) in [5, 5.41) is 1.52. The first-order chi connectivity index (χ1) is 15.4. The SMILES string of the molecule is C=c1cc[nH]/c1=C/C=C\CS(=O)(=O)NC(CCC1C=CC=C[C@H]1Cl)C(=O)N1CCCCC1. The quantitative estimate of drug-likeness (QED) is 0.535. The molecule has 0 spiro atoms. The van der Waals surface area contributed by atoms with Crippen molar-refractivity contribution in [3.05, 3.63) is 59.3 Å². The van der Waals surface area contributed by atoms with Gasteiger partial charge in [0.25, 0.3) is 0 Å². The molecular weight excluding hydrogens is 446 g/mol. The lowest BCUT2D eigenvalue weighted by Crippen LogP contribution is -2.50. The molecule has 32 heavy (non-hydrogen) atoms. The molecule has 3 atom stereocenters. The van der Waals surface area contributed by atoms with Crippen LogP contribution >= 0.6 is 11.6 Å². The number of H-pyrrole nitrogens is 1. The van der Waals surface area contributed by atoms with E-state index >= 15 is 0 Å². The second kappa shape index (κ2) is 11.7.